The fraction of sp³-hybridized carbons (Fsp3) is 0.875. The molecule has 5 nitrogen and oxygen atoms in total. The predicted molar refractivity (Wildman–Crippen MR) is 47.2 cm³/mol. The van der Waals surface area contributed by atoms with Crippen LogP contribution in [0.2, 0.25) is 0 Å². The summed E-state index contributed by atoms with van der Waals surface area (Å²) in [5.74, 6) is -1.39. The molecular formula is C8H16N2O3. The van der Waals surface area contributed by atoms with Crippen molar-refractivity contribution in [1.29, 1.82) is 0 Å². The molecule has 1 saturated heterocycles. The Morgan fingerprint density at radius 3 is 2.46 bits per heavy atom. The summed E-state index contributed by atoms with van der Waals surface area (Å²) >= 11 is 0. The Balaban J connectivity index is 2.38. The zero-order valence-corrected chi connectivity index (χ0v) is 8.04. The monoisotopic (exact) mass is 188 g/mol. The van der Waals surface area contributed by atoms with Crippen molar-refractivity contribution in [3.8, 4) is 0 Å². The number of piperazine rings is 1. The number of carbonyl (C=O) groups is 1. The van der Waals surface area contributed by atoms with Gasteiger partial charge < -0.3 is 20.1 Å². The van der Waals surface area contributed by atoms with Crippen molar-refractivity contribution in [3.05, 3.63) is 0 Å². The fourth-order valence-electron chi connectivity index (χ4n) is 1.13. The van der Waals surface area contributed by atoms with Gasteiger partial charge in [0, 0.05) is 40.0 Å². The molecule has 0 radical (unpaired) electrons. The minimum Gasteiger partial charge on any atom is -0.418 e. The van der Waals surface area contributed by atoms with Crippen LogP contribution in [0.15, 0.2) is 0 Å². The van der Waals surface area contributed by atoms with E-state index < -0.39 is 11.9 Å². The van der Waals surface area contributed by atoms with Crippen LogP contribution in [-0.2, 0) is 4.74 Å². The number of hydrogen-bond acceptors (Lipinski definition) is 4. The van der Waals surface area contributed by atoms with Crippen LogP contribution >= 0.6 is 0 Å². The molecule has 1 aliphatic heterocycles. The first-order valence-electron chi connectivity index (χ1n) is 4.40. The van der Waals surface area contributed by atoms with Crippen LogP contribution in [0, 0.1) is 0 Å². The molecule has 0 aromatic rings. The van der Waals surface area contributed by atoms with E-state index in [1.165, 1.54) is 13.8 Å². The molecule has 0 aliphatic carbocycles. The van der Waals surface area contributed by atoms with Gasteiger partial charge in [0.25, 0.3) is 0 Å². The molecule has 0 aromatic carbocycles. The van der Waals surface area contributed by atoms with Gasteiger partial charge in [-0.2, -0.15) is 0 Å². The standard InChI is InChI=1S/C8H16N2O3/c1-8(2,12)13-7(11)10-5-3-9-4-6-10/h9,12H,3-6H2,1-2H3. The number of hydrogen-bond donors (Lipinski definition) is 2. The first kappa shape index (κ1) is 10.3. The zero-order valence-electron chi connectivity index (χ0n) is 8.04. The summed E-state index contributed by atoms with van der Waals surface area (Å²) in [6, 6.07) is 0. The molecule has 0 atom stereocenters. The van der Waals surface area contributed by atoms with Gasteiger partial charge in [-0.1, -0.05) is 0 Å². The number of aliphatic hydroxyl groups is 1. The molecular weight excluding hydrogens is 172 g/mol. The Kier molecular flexibility index (Phi) is 3.11. The van der Waals surface area contributed by atoms with Crippen LogP contribution in [0.4, 0.5) is 4.79 Å². The van der Waals surface area contributed by atoms with Gasteiger partial charge >= 0.3 is 6.09 Å². The number of nitrogens with one attached hydrogen (secondary N) is 1. The highest BCUT2D eigenvalue weighted by Gasteiger charge is 2.24. The van der Waals surface area contributed by atoms with Crippen LogP contribution in [-0.4, -0.2) is 48.1 Å². The topological polar surface area (TPSA) is 61.8 Å². The Morgan fingerprint density at radius 1 is 1.46 bits per heavy atom. The number of rotatable bonds is 1. The van der Waals surface area contributed by atoms with E-state index in [1.807, 2.05) is 0 Å². The molecule has 1 fully saturated rings. The Hall–Kier alpha value is -0.810. The maximum absolute atomic E-state index is 11.3. The Labute approximate surface area is 77.7 Å². The lowest BCUT2D eigenvalue weighted by Crippen LogP contribution is -2.48. The van der Waals surface area contributed by atoms with Crippen molar-refractivity contribution in [2.75, 3.05) is 26.2 Å². The predicted octanol–water partition coefficient (Wildman–Crippen LogP) is -0.243. The molecule has 0 spiro atoms. The van der Waals surface area contributed by atoms with Crippen molar-refractivity contribution in [1.82, 2.24) is 10.2 Å². The van der Waals surface area contributed by atoms with Crippen molar-refractivity contribution in [3.63, 3.8) is 0 Å². The van der Waals surface area contributed by atoms with Gasteiger partial charge in [-0.3, -0.25) is 0 Å². The molecule has 1 amide bonds. The highest BCUT2D eigenvalue weighted by atomic mass is 16.7. The van der Waals surface area contributed by atoms with Gasteiger partial charge in [-0.15, -0.1) is 0 Å². The quantitative estimate of drug-likeness (QED) is 0.557. The van der Waals surface area contributed by atoms with Crippen LogP contribution < -0.4 is 5.32 Å². The van der Waals surface area contributed by atoms with Crippen molar-refractivity contribution >= 4 is 6.09 Å². The number of amides is 1. The van der Waals surface area contributed by atoms with Crippen molar-refractivity contribution in [2.45, 2.75) is 19.6 Å². The zero-order chi connectivity index (χ0) is 9.90. The van der Waals surface area contributed by atoms with Gasteiger partial charge in [0.15, 0.2) is 0 Å². The summed E-state index contributed by atoms with van der Waals surface area (Å²) in [4.78, 5) is 12.9. The van der Waals surface area contributed by atoms with E-state index in [0.717, 1.165) is 13.1 Å². The third-order valence-corrected chi connectivity index (χ3v) is 1.71. The minimum atomic E-state index is -1.39. The highest BCUT2D eigenvalue weighted by Crippen LogP contribution is 2.07. The summed E-state index contributed by atoms with van der Waals surface area (Å²) in [6.45, 7) is 5.70. The van der Waals surface area contributed by atoms with Gasteiger partial charge in [0.05, 0.1) is 0 Å². The summed E-state index contributed by atoms with van der Waals surface area (Å²) in [5, 5.41) is 12.4. The average Bonchev–Trinajstić information content (AvgIpc) is 2.03. The van der Waals surface area contributed by atoms with Crippen LogP contribution in [0.3, 0.4) is 0 Å². The number of nitrogens with zero attached hydrogens (tertiary/aromatic N) is 1. The lowest BCUT2D eigenvalue weighted by atomic mass is 10.4. The third-order valence-electron chi connectivity index (χ3n) is 1.71. The molecule has 2 N–H and O–H groups in total. The first-order valence-corrected chi connectivity index (χ1v) is 4.40. The van der Waals surface area contributed by atoms with E-state index in [-0.39, 0.29) is 0 Å². The van der Waals surface area contributed by atoms with Gasteiger partial charge in [-0.25, -0.2) is 4.79 Å². The largest absolute Gasteiger partial charge is 0.418 e. The van der Waals surface area contributed by atoms with Crippen LogP contribution in [0.25, 0.3) is 0 Å². The van der Waals surface area contributed by atoms with Gasteiger partial charge in [0.1, 0.15) is 0 Å². The average molecular weight is 188 g/mol. The van der Waals surface area contributed by atoms with E-state index in [1.54, 1.807) is 4.90 Å². The summed E-state index contributed by atoms with van der Waals surface area (Å²) in [7, 11) is 0. The van der Waals surface area contributed by atoms with Crippen molar-refractivity contribution < 1.29 is 14.6 Å². The second-order valence-corrected chi connectivity index (χ2v) is 3.55. The maximum atomic E-state index is 11.3. The van der Waals surface area contributed by atoms with Crippen LogP contribution in [0.5, 0.6) is 0 Å². The number of ether oxygens (including phenoxy) is 1. The smallest absolute Gasteiger partial charge is 0.412 e. The van der Waals surface area contributed by atoms with Gasteiger partial charge in [-0.05, 0) is 0 Å². The first-order chi connectivity index (χ1) is 5.99. The molecule has 13 heavy (non-hydrogen) atoms. The SMILES string of the molecule is CC(C)(O)OC(=O)N1CCNCC1. The molecule has 0 aromatic heterocycles. The lowest BCUT2D eigenvalue weighted by Gasteiger charge is -2.29. The summed E-state index contributed by atoms with van der Waals surface area (Å²) in [6.07, 6.45) is -0.450. The highest BCUT2D eigenvalue weighted by molar-refractivity contribution is 5.68. The van der Waals surface area contributed by atoms with E-state index in [0.29, 0.717) is 13.1 Å². The molecule has 5 heteroatoms. The normalized spacial score (nSPS) is 18.5. The molecule has 0 unspecified atom stereocenters. The minimum absolute atomic E-state index is 0.450. The van der Waals surface area contributed by atoms with E-state index in [9.17, 15) is 9.90 Å². The molecule has 0 saturated carbocycles. The van der Waals surface area contributed by atoms with Crippen molar-refractivity contribution in [2.24, 2.45) is 0 Å². The van der Waals surface area contributed by atoms with Crippen LogP contribution in [0.1, 0.15) is 13.8 Å². The van der Waals surface area contributed by atoms with Gasteiger partial charge in [0.2, 0.25) is 5.79 Å². The van der Waals surface area contributed by atoms with E-state index >= 15 is 0 Å². The molecule has 1 rings (SSSR count). The fourth-order valence-corrected chi connectivity index (χ4v) is 1.13. The third kappa shape index (κ3) is 3.61. The lowest BCUT2D eigenvalue weighted by molar-refractivity contribution is -0.139. The second-order valence-electron chi connectivity index (χ2n) is 3.55. The van der Waals surface area contributed by atoms with E-state index in [2.05, 4.69) is 5.32 Å². The number of carbonyl (C=O) groups excluding carboxylic acids is 1. The molecule has 1 heterocycles. The Morgan fingerprint density at radius 2 is 2.00 bits per heavy atom. The van der Waals surface area contributed by atoms with E-state index in [4.69, 9.17) is 4.74 Å². The molecule has 76 valence electrons. The Bertz CT molecular complexity index is 182. The molecule has 1 aliphatic rings. The second kappa shape index (κ2) is 3.93. The molecule has 0 bridgehead atoms. The summed E-state index contributed by atoms with van der Waals surface area (Å²) in [5.41, 5.74) is 0. The maximum Gasteiger partial charge on any atom is 0.412 e. The summed E-state index contributed by atoms with van der Waals surface area (Å²) < 4.78 is 4.79.